The van der Waals surface area contributed by atoms with E-state index in [1.807, 2.05) is 12.4 Å². The van der Waals surface area contributed by atoms with Crippen LogP contribution < -0.4 is 10.5 Å². The molecule has 0 saturated carbocycles. The highest BCUT2D eigenvalue weighted by molar-refractivity contribution is 5.40. The molecule has 1 aromatic carbocycles. The minimum atomic E-state index is 0.0763. The zero-order chi connectivity index (χ0) is 14.7. The van der Waals surface area contributed by atoms with Crippen molar-refractivity contribution in [2.24, 2.45) is 5.73 Å². The van der Waals surface area contributed by atoms with Gasteiger partial charge in [-0.3, -0.25) is 4.98 Å². The Kier molecular flexibility index (Phi) is 4.20. The van der Waals surface area contributed by atoms with Crippen LogP contribution in [0.3, 0.4) is 0 Å². The molecule has 0 amide bonds. The number of ether oxygens (including phenoxy) is 1. The van der Waals surface area contributed by atoms with Gasteiger partial charge in [0.05, 0.1) is 6.61 Å². The van der Waals surface area contributed by atoms with Crippen LogP contribution in [0.25, 0.3) is 0 Å². The maximum absolute atomic E-state index is 6.38. The summed E-state index contributed by atoms with van der Waals surface area (Å²) in [6.07, 6.45) is 7.73. The van der Waals surface area contributed by atoms with Crippen molar-refractivity contribution < 1.29 is 4.74 Å². The predicted molar refractivity (Wildman–Crippen MR) is 84.5 cm³/mol. The van der Waals surface area contributed by atoms with Crippen molar-refractivity contribution in [3.8, 4) is 5.75 Å². The summed E-state index contributed by atoms with van der Waals surface area (Å²) in [5.41, 5.74) is 11.6. The summed E-state index contributed by atoms with van der Waals surface area (Å²) in [5, 5.41) is 0. The van der Waals surface area contributed by atoms with Gasteiger partial charge in [0, 0.05) is 24.9 Å². The summed E-state index contributed by atoms with van der Waals surface area (Å²) < 4.78 is 5.55. The van der Waals surface area contributed by atoms with Gasteiger partial charge in [-0.2, -0.15) is 0 Å². The lowest BCUT2D eigenvalue weighted by molar-refractivity contribution is 0.357. The molecule has 2 heterocycles. The first-order valence-corrected chi connectivity index (χ1v) is 7.71. The third-order valence-electron chi connectivity index (χ3n) is 4.22. The van der Waals surface area contributed by atoms with E-state index < -0.39 is 0 Å². The van der Waals surface area contributed by atoms with Crippen LogP contribution in [0.4, 0.5) is 0 Å². The van der Waals surface area contributed by atoms with E-state index in [2.05, 4.69) is 36.2 Å². The van der Waals surface area contributed by atoms with E-state index in [1.54, 1.807) is 0 Å². The molecule has 1 aromatic heterocycles. The quantitative estimate of drug-likeness (QED) is 0.916. The zero-order valence-corrected chi connectivity index (χ0v) is 12.5. The highest BCUT2D eigenvalue weighted by Crippen LogP contribution is 2.27. The van der Waals surface area contributed by atoms with Crippen LogP contribution in [-0.2, 0) is 19.3 Å². The molecule has 0 aliphatic carbocycles. The first-order valence-electron chi connectivity index (χ1n) is 7.71. The van der Waals surface area contributed by atoms with Crippen molar-refractivity contribution in [1.29, 1.82) is 0 Å². The number of benzene rings is 1. The third-order valence-corrected chi connectivity index (χ3v) is 4.22. The number of hydrogen-bond acceptors (Lipinski definition) is 3. The first kappa shape index (κ1) is 14.1. The molecule has 2 aromatic rings. The Hall–Kier alpha value is -1.87. The van der Waals surface area contributed by atoms with E-state index in [0.29, 0.717) is 0 Å². The molecule has 3 nitrogen and oxygen atoms in total. The summed E-state index contributed by atoms with van der Waals surface area (Å²) in [6, 6.07) is 8.65. The monoisotopic (exact) mass is 282 g/mol. The second-order valence-corrected chi connectivity index (χ2v) is 5.61. The fraction of sp³-hybridized carbons (Fsp3) is 0.389. The summed E-state index contributed by atoms with van der Waals surface area (Å²) in [4.78, 5) is 4.19. The van der Waals surface area contributed by atoms with Gasteiger partial charge in [-0.05, 0) is 53.6 Å². The Labute approximate surface area is 126 Å². The molecule has 0 radical (unpaired) electrons. The normalized spacial score (nSPS) is 14.6. The average Bonchev–Trinajstić information content (AvgIpc) is 3.00. The van der Waals surface area contributed by atoms with Crippen LogP contribution in [0.1, 0.15) is 41.6 Å². The number of rotatable bonds is 5. The summed E-state index contributed by atoms with van der Waals surface area (Å²) in [7, 11) is 0. The topological polar surface area (TPSA) is 48.1 Å². The van der Waals surface area contributed by atoms with E-state index in [4.69, 9.17) is 10.5 Å². The highest BCUT2D eigenvalue weighted by atomic mass is 16.5. The van der Waals surface area contributed by atoms with Crippen LogP contribution in [0, 0.1) is 0 Å². The van der Waals surface area contributed by atoms with Crippen LogP contribution >= 0.6 is 0 Å². The van der Waals surface area contributed by atoms with Gasteiger partial charge in [-0.1, -0.05) is 19.1 Å². The van der Waals surface area contributed by atoms with Crippen molar-refractivity contribution in [2.75, 3.05) is 6.61 Å². The Balaban J connectivity index is 1.67. The van der Waals surface area contributed by atoms with Crippen LogP contribution in [0.15, 0.2) is 36.7 Å². The van der Waals surface area contributed by atoms with Crippen LogP contribution in [0.2, 0.25) is 0 Å². The number of pyridine rings is 1. The fourth-order valence-electron chi connectivity index (χ4n) is 2.97. The molecule has 3 rings (SSSR count). The van der Waals surface area contributed by atoms with E-state index in [-0.39, 0.29) is 6.04 Å². The number of aryl methyl sites for hydroxylation is 2. The van der Waals surface area contributed by atoms with Gasteiger partial charge in [0.15, 0.2) is 0 Å². The summed E-state index contributed by atoms with van der Waals surface area (Å²) in [6.45, 7) is 2.96. The van der Waals surface area contributed by atoms with Gasteiger partial charge in [0.2, 0.25) is 0 Å². The molecular formula is C18H22N2O. The number of nitrogens with zero attached hydrogens (tertiary/aromatic N) is 1. The Morgan fingerprint density at radius 1 is 1.33 bits per heavy atom. The molecule has 1 aliphatic rings. The van der Waals surface area contributed by atoms with Gasteiger partial charge in [-0.25, -0.2) is 0 Å². The van der Waals surface area contributed by atoms with Gasteiger partial charge in [0.25, 0.3) is 0 Å². The minimum absolute atomic E-state index is 0.0763. The molecule has 21 heavy (non-hydrogen) atoms. The smallest absolute Gasteiger partial charge is 0.122 e. The van der Waals surface area contributed by atoms with Crippen molar-refractivity contribution in [3.63, 3.8) is 0 Å². The summed E-state index contributed by atoms with van der Waals surface area (Å²) >= 11 is 0. The van der Waals surface area contributed by atoms with Crippen molar-refractivity contribution >= 4 is 0 Å². The van der Waals surface area contributed by atoms with Gasteiger partial charge in [-0.15, -0.1) is 0 Å². The third kappa shape index (κ3) is 3.08. The molecule has 0 saturated heterocycles. The number of nitrogens with two attached hydrogens (primary N) is 1. The summed E-state index contributed by atoms with van der Waals surface area (Å²) in [5.74, 6) is 1.05. The van der Waals surface area contributed by atoms with E-state index in [9.17, 15) is 0 Å². The Morgan fingerprint density at radius 3 is 3.10 bits per heavy atom. The molecule has 1 aliphatic heterocycles. The lowest BCUT2D eigenvalue weighted by Crippen LogP contribution is -2.13. The molecule has 0 bridgehead atoms. The van der Waals surface area contributed by atoms with Crippen molar-refractivity contribution in [2.45, 2.75) is 38.6 Å². The van der Waals surface area contributed by atoms with Crippen LogP contribution in [0.5, 0.6) is 5.75 Å². The van der Waals surface area contributed by atoms with Gasteiger partial charge >= 0.3 is 0 Å². The second kappa shape index (κ2) is 6.27. The molecule has 0 fully saturated rings. The maximum Gasteiger partial charge on any atom is 0.122 e. The number of aromatic nitrogens is 1. The van der Waals surface area contributed by atoms with Gasteiger partial charge in [0.1, 0.15) is 5.75 Å². The molecule has 0 spiro atoms. The van der Waals surface area contributed by atoms with Crippen LogP contribution in [-0.4, -0.2) is 11.6 Å². The lowest BCUT2D eigenvalue weighted by atomic mass is 9.95. The van der Waals surface area contributed by atoms with E-state index in [1.165, 1.54) is 22.3 Å². The number of fused-ring (bicyclic) bond motifs is 1. The van der Waals surface area contributed by atoms with Gasteiger partial charge < -0.3 is 10.5 Å². The SMILES string of the molecule is CCc1cnccc1C(N)CCc1ccc2c(c1)CCO2. The Morgan fingerprint density at radius 2 is 2.24 bits per heavy atom. The molecule has 3 heteroatoms. The zero-order valence-electron chi connectivity index (χ0n) is 12.5. The molecular weight excluding hydrogens is 260 g/mol. The standard InChI is InChI=1S/C18H22N2O/c1-2-14-12-20-9-7-16(14)17(19)5-3-13-4-6-18-15(11-13)8-10-21-18/h4,6-7,9,11-12,17H,2-3,5,8,10,19H2,1H3. The molecule has 1 unspecified atom stereocenters. The number of hydrogen-bond donors (Lipinski definition) is 1. The maximum atomic E-state index is 6.38. The minimum Gasteiger partial charge on any atom is -0.493 e. The predicted octanol–water partition coefficient (Wildman–Crippen LogP) is 3.21. The Bertz CT molecular complexity index is 624. The molecule has 110 valence electrons. The van der Waals surface area contributed by atoms with Crippen molar-refractivity contribution in [3.05, 3.63) is 58.9 Å². The van der Waals surface area contributed by atoms with E-state index in [0.717, 1.165) is 38.0 Å². The largest absolute Gasteiger partial charge is 0.493 e. The van der Waals surface area contributed by atoms with E-state index >= 15 is 0 Å². The lowest BCUT2D eigenvalue weighted by Gasteiger charge is -2.15. The second-order valence-electron chi connectivity index (χ2n) is 5.61. The fourth-order valence-corrected chi connectivity index (χ4v) is 2.97. The first-order chi connectivity index (χ1) is 10.3. The highest BCUT2D eigenvalue weighted by Gasteiger charge is 2.14. The molecule has 2 N–H and O–H groups in total. The molecule has 1 atom stereocenters. The average molecular weight is 282 g/mol. The van der Waals surface area contributed by atoms with Crippen molar-refractivity contribution in [1.82, 2.24) is 4.98 Å².